The standard InChI is InChI=1S/C13H12F3N3O2/c1-3-21-13(20)10-12(17)19(6(2)18-10)11-8(15)4-7(14)5-9(11)16/h4-5H,3,17H2,1-2H3. The molecule has 2 N–H and O–H groups in total. The number of carbonyl (C=O) groups excluding carboxylic acids is 1. The number of hydrogen-bond acceptors (Lipinski definition) is 4. The van der Waals surface area contributed by atoms with Crippen LogP contribution in [0.3, 0.4) is 0 Å². The zero-order valence-corrected chi connectivity index (χ0v) is 11.3. The van der Waals surface area contributed by atoms with Gasteiger partial charge >= 0.3 is 5.97 Å². The molecule has 2 rings (SSSR count). The summed E-state index contributed by atoms with van der Waals surface area (Å²) in [5.41, 5.74) is 4.86. The van der Waals surface area contributed by atoms with Gasteiger partial charge in [-0.25, -0.2) is 22.9 Å². The summed E-state index contributed by atoms with van der Waals surface area (Å²) in [7, 11) is 0. The van der Waals surface area contributed by atoms with E-state index in [1.807, 2.05) is 0 Å². The third-order valence-electron chi connectivity index (χ3n) is 2.75. The van der Waals surface area contributed by atoms with Crippen molar-refractivity contribution in [1.82, 2.24) is 9.55 Å². The van der Waals surface area contributed by atoms with Crippen LogP contribution in [0.4, 0.5) is 19.0 Å². The second-order valence-corrected chi connectivity index (χ2v) is 4.17. The van der Waals surface area contributed by atoms with Crippen molar-refractivity contribution in [1.29, 1.82) is 0 Å². The lowest BCUT2D eigenvalue weighted by atomic mass is 10.2. The molecule has 112 valence electrons. The van der Waals surface area contributed by atoms with E-state index in [4.69, 9.17) is 10.5 Å². The quantitative estimate of drug-likeness (QED) is 0.883. The highest BCUT2D eigenvalue weighted by Crippen LogP contribution is 2.26. The van der Waals surface area contributed by atoms with E-state index in [0.29, 0.717) is 12.1 Å². The molecule has 1 aromatic carbocycles. The number of hydrogen-bond donors (Lipinski definition) is 1. The SMILES string of the molecule is CCOC(=O)c1nc(C)n(-c2c(F)cc(F)cc2F)c1N. The summed E-state index contributed by atoms with van der Waals surface area (Å²) < 4.78 is 46.2. The van der Waals surface area contributed by atoms with Gasteiger partial charge in [0, 0.05) is 12.1 Å². The van der Waals surface area contributed by atoms with Crippen molar-refractivity contribution in [3.63, 3.8) is 0 Å². The largest absolute Gasteiger partial charge is 0.461 e. The fraction of sp³-hybridized carbons (Fsp3) is 0.231. The molecule has 0 aliphatic heterocycles. The summed E-state index contributed by atoms with van der Waals surface area (Å²) in [6.07, 6.45) is 0. The summed E-state index contributed by atoms with van der Waals surface area (Å²) in [6.45, 7) is 3.10. The van der Waals surface area contributed by atoms with Gasteiger partial charge in [0.1, 0.15) is 23.1 Å². The molecule has 0 saturated carbocycles. The normalized spacial score (nSPS) is 10.7. The van der Waals surface area contributed by atoms with Gasteiger partial charge in [-0.1, -0.05) is 0 Å². The summed E-state index contributed by atoms with van der Waals surface area (Å²) in [4.78, 5) is 15.5. The summed E-state index contributed by atoms with van der Waals surface area (Å²) >= 11 is 0. The molecule has 0 radical (unpaired) electrons. The van der Waals surface area contributed by atoms with Gasteiger partial charge in [-0.3, -0.25) is 4.57 Å². The van der Waals surface area contributed by atoms with Gasteiger partial charge in [-0.2, -0.15) is 0 Å². The van der Waals surface area contributed by atoms with Gasteiger partial charge < -0.3 is 10.5 Å². The third kappa shape index (κ3) is 2.56. The van der Waals surface area contributed by atoms with Crippen LogP contribution in [0.1, 0.15) is 23.2 Å². The Balaban J connectivity index is 2.64. The first-order valence-electron chi connectivity index (χ1n) is 6.03. The summed E-state index contributed by atoms with van der Waals surface area (Å²) in [5.74, 6) is -4.39. The minimum absolute atomic E-state index is 0.0694. The van der Waals surface area contributed by atoms with E-state index in [1.54, 1.807) is 6.92 Å². The maximum Gasteiger partial charge on any atom is 0.360 e. The Morgan fingerprint density at radius 2 is 1.90 bits per heavy atom. The number of imidazole rings is 1. The molecule has 0 bridgehead atoms. The number of nitrogens with two attached hydrogens (primary N) is 1. The van der Waals surface area contributed by atoms with Crippen LogP contribution in [-0.2, 0) is 4.74 Å². The second kappa shape index (κ2) is 5.47. The molecule has 8 heteroatoms. The number of nitrogen functional groups attached to an aromatic ring is 1. The number of halogens is 3. The highest BCUT2D eigenvalue weighted by molar-refractivity contribution is 5.92. The third-order valence-corrected chi connectivity index (χ3v) is 2.75. The average Bonchev–Trinajstić information content (AvgIpc) is 2.66. The van der Waals surface area contributed by atoms with Gasteiger partial charge in [-0.15, -0.1) is 0 Å². The minimum atomic E-state index is -1.16. The Hall–Kier alpha value is -2.51. The van der Waals surface area contributed by atoms with Crippen LogP contribution < -0.4 is 5.73 Å². The first-order chi connectivity index (χ1) is 9.86. The molecule has 0 fully saturated rings. The number of rotatable bonds is 3. The van der Waals surface area contributed by atoms with Crippen LogP contribution in [0, 0.1) is 24.4 Å². The fourth-order valence-corrected chi connectivity index (χ4v) is 1.93. The molecule has 0 saturated heterocycles. The van der Waals surface area contributed by atoms with E-state index in [9.17, 15) is 18.0 Å². The van der Waals surface area contributed by atoms with E-state index in [-0.39, 0.29) is 23.9 Å². The topological polar surface area (TPSA) is 70.1 Å². The van der Waals surface area contributed by atoms with Crippen molar-refractivity contribution in [3.05, 3.63) is 41.1 Å². The van der Waals surface area contributed by atoms with E-state index >= 15 is 0 Å². The molecule has 0 aliphatic rings. The molecule has 1 aromatic heterocycles. The molecule has 0 atom stereocenters. The Labute approximate surface area is 118 Å². The van der Waals surface area contributed by atoms with E-state index in [0.717, 1.165) is 4.57 Å². The Bertz CT molecular complexity index is 690. The molecular formula is C13H12F3N3O2. The van der Waals surface area contributed by atoms with Crippen molar-refractivity contribution in [2.75, 3.05) is 12.3 Å². The molecule has 0 spiro atoms. The Morgan fingerprint density at radius 1 is 1.33 bits per heavy atom. The molecule has 21 heavy (non-hydrogen) atoms. The number of nitrogens with zero attached hydrogens (tertiary/aromatic N) is 2. The first-order valence-corrected chi connectivity index (χ1v) is 6.03. The van der Waals surface area contributed by atoms with Crippen LogP contribution in [-0.4, -0.2) is 22.1 Å². The zero-order valence-electron chi connectivity index (χ0n) is 11.3. The van der Waals surface area contributed by atoms with Gasteiger partial charge in [0.05, 0.1) is 6.61 Å². The monoisotopic (exact) mass is 299 g/mol. The van der Waals surface area contributed by atoms with E-state index < -0.39 is 29.1 Å². The van der Waals surface area contributed by atoms with Crippen molar-refractivity contribution in [3.8, 4) is 5.69 Å². The maximum atomic E-state index is 13.8. The van der Waals surface area contributed by atoms with Gasteiger partial charge in [0.25, 0.3) is 0 Å². The molecule has 0 unspecified atom stereocenters. The smallest absolute Gasteiger partial charge is 0.360 e. The molecule has 5 nitrogen and oxygen atoms in total. The number of anilines is 1. The van der Waals surface area contributed by atoms with Gasteiger partial charge in [0.15, 0.2) is 17.3 Å². The first kappa shape index (κ1) is 14.9. The molecule has 1 heterocycles. The minimum Gasteiger partial charge on any atom is -0.461 e. The number of ether oxygens (including phenoxy) is 1. The lowest BCUT2D eigenvalue weighted by Gasteiger charge is -2.10. The number of aromatic nitrogens is 2. The Kier molecular flexibility index (Phi) is 3.88. The van der Waals surface area contributed by atoms with Crippen LogP contribution in [0.5, 0.6) is 0 Å². The summed E-state index contributed by atoms with van der Waals surface area (Å²) in [6, 6.07) is 1.03. The molecule has 2 aromatic rings. The maximum absolute atomic E-state index is 13.8. The van der Waals surface area contributed by atoms with Crippen LogP contribution in [0.15, 0.2) is 12.1 Å². The zero-order chi connectivity index (χ0) is 15.7. The van der Waals surface area contributed by atoms with E-state index in [1.165, 1.54) is 6.92 Å². The van der Waals surface area contributed by atoms with Crippen LogP contribution >= 0.6 is 0 Å². The fourth-order valence-electron chi connectivity index (χ4n) is 1.93. The molecule has 0 amide bonds. The number of aryl methyl sites for hydroxylation is 1. The summed E-state index contributed by atoms with van der Waals surface area (Å²) in [5, 5.41) is 0. The van der Waals surface area contributed by atoms with Gasteiger partial charge in [0.2, 0.25) is 0 Å². The second-order valence-electron chi connectivity index (χ2n) is 4.17. The lowest BCUT2D eigenvalue weighted by Crippen LogP contribution is -2.11. The van der Waals surface area contributed by atoms with Crippen molar-refractivity contribution >= 4 is 11.8 Å². The predicted octanol–water partition coefficient (Wildman–Crippen LogP) is 2.36. The lowest BCUT2D eigenvalue weighted by molar-refractivity contribution is 0.0521. The van der Waals surface area contributed by atoms with Crippen molar-refractivity contribution < 1.29 is 22.7 Å². The highest BCUT2D eigenvalue weighted by Gasteiger charge is 2.24. The van der Waals surface area contributed by atoms with Crippen molar-refractivity contribution in [2.24, 2.45) is 0 Å². The van der Waals surface area contributed by atoms with Crippen LogP contribution in [0.2, 0.25) is 0 Å². The van der Waals surface area contributed by atoms with Crippen molar-refractivity contribution in [2.45, 2.75) is 13.8 Å². The highest BCUT2D eigenvalue weighted by atomic mass is 19.1. The molecular weight excluding hydrogens is 287 g/mol. The number of esters is 1. The van der Waals surface area contributed by atoms with E-state index in [2.05, 4.69) is 4.98 Å². The number of benzene rings is 1. The molecule has 0 aliphatic carbocycles. The average molecular weight is 299 g/mol. The number of carbonyl (C=O) groups is 1. The Morgan fingerprint density at radius 3 is 2.43 bits per heavy atom. The van der Waals surface area contributed by atoms with Crippen LogP contribution in [0.25, 0.3) is 5.69 Å². The van der Waals surface area contributed by atoms with Gasteiger partial charge in [-0.05, 0) is 13.8 Å². The predicted molar refractivity (Wildman–Crippen MR) is 68.5 cm³/mol.